The molecule has 4 aromatic rings. The van der Waals surface area contributed by atoms with Crippen LogP contribution in [0.1, 0.15) is 103 Å². The van der Waals surface area contributed by atoms with Crippen LogP contribution in [0.4, 0.5) is 15.3 Å². The summed E-state index contributed by atoms with van der Waals surface area (Å²) in [6.45, 7) is 14.2. The minimum absolute atomic E-state index is 0.0261. The van der Waals surface area contributed by atoms with Gasteiger partial charge in [0.25, 0.3) is 0 Å². The number of para-hydroxylation sites is 1. The van der Waals surface area contributed by atoms with E-state index in [0.29, 0.717) is 90.2 Å². The van der Waals surface area contributed by atoms with Crippen LogP contribution in [0, 0.1) is 17.8 Å². The van der Waals surface area contributed by atoms with Crippen LogP contribution in [0.25, 0.3) is 10.9 Å². The van der Waals surface area contributed by atoms with Gasteiger partial charge in [0, 0.05) is 108 Å². The highest BCUT2D eigenvalue weighted by molar-refractivity contribution is 5.98. The lowest BCUT2D eigenvalue weighted by Crippen LogP contribution is -2.53. The molecule has 0 bridgehead atoms. The van der Waals surface area contributed by atoms with Crippen LogP contribution in [0.3, 0.4) is 0 Å². The number of ether oxygens (including phenoxy) is 7. The molecule has 616 valence electrons. The minimum atomic E-state index is -1.08. The van der Waals surface area contributed by atoms with Crippen LogP contribution in [0.15, 0.2) is 84.9 Å². The zero-order valence-electron chi connectivity index (χ0n) is 66.2. The molecule has 1 fully saturated rings. The summed E-state index contributed by atoms with van der Waals surface area (Å²) >= 11 is 0. The zero-order chi connectivity index (χ0) is 80.9. The predicted molar refractivity (Wildman–Crippen MR) is 417 cm³/mol. The van der Waals surface area contributed by atoms with Crippen molar-refractivity contribution in [1.82, 2.24) is 66.9 Å². The molecule has 0 aliphatic carbocycles. The molecule has 33 nitrogen and oxygen atoms in total. The number of hydrogen-bond acceptors (Lipinski definition) is 20. The Morgan fingerprint density at radius 2 is 1.21 bits per heavy atom. The Hall–Kier alpha value is -9.35. The van der Waals surface area contributed by atoms with Gasteiger partial charge in [-0.25, -0.2) is 14.6 Å². The van der Waals surface area contributed by atoms with Crippen molar-refractivity contribution in [2.24, 2.45) is 23.5 Å². The van der Waals surface area contributed by atoms with E-state index in [1.54, 1.807) is 45.2 Å². The quantitative estimate of drug-likeness (QED) is 0.0224. The molecule has 12 amide bonds. The summed E-state index contributed by atoms with van der Waals surface area (Å²) in [6, 6.07) is 23.6. The maximum absolute atomic E-state index is 13.8. The van der Waals surface area contributed by atoms with Gasteiger partial charge in [-0.1, -0.05) is 88.4 Å². The zero-order valence-corrected chi connectivity index (χ0v) is 66.2. The molecule has 1 saturated heterocycles. The molecule has 0 saturated carbocycles. The topological polar surface area (TPSA) is 405 Å². The number of carbonyl (C=O) groups is 11. The van der Waals surface area contributed by atoms with Crippen molar-refractivity contribution in [2.45, 2.75) is 136 Å². The number of aryl methyl sites for hydroxylation is 1. The van der Waals surface area contributed by atoms with Crippen LogP contribution < -0.4 is 53.7 Å². The van der Waals surface area contributed by atoms with Crippen LogP contribution >= 0.6 is 0 Å². The number of hydrogen-bond donors (Lipinski definition) is 10. The molecular formula is C78H121N15O18. The Morgan fingerprint density at radius 3 is 1.84 bits per heavy atom. The molecule has 6 atom stereocenters. The fourth-order valence-corrected chi connectivity index (χ4v) is 12.2. The third kappa shape index (κ3) is 37.0. The van der Waals surface area contributed by atoms with E-state index in [1.807, 2.05) is 99.4 Å². The number of carbonyl (C=O) groups excluding carboxylic acids is 11. The standard InChI is InChI=1S/C78H121N15O18/c1-55(2)73(76(102)89(7)51-56(3)45-72(99)93-31-16-20-63(93)46-57(4)74(100)85-58(5)47-59-17-11-10-12-18-59)88-71(98)53-90(8)78(104)111-54-60-23-25-62(26-24-60)86-75(101)65(21-15-29-82-77(79)103)87-70(97)50-84-68(95)28-33-105-35-37-107-39-41-109-43-44-110-42-40-108-38-36-106-34-30-81-69(96)49-83-67(94)27-32-92-64(52-91(9)80-6)48-61-19-13-14-22-66(61)92/h10-14,17-19,22-26,48,55-58,63,65,73,80H,15-16,20-21,27-47,49-54H2,1-9H3,(H,81,96)(H,83,94)(H,84,95)(H,85,100)(H,86,101)(H,87,97)(H,88,98)(H3,79,82,103)/t56-,57-,58-,63+,65+,73+/m1/s1. The van der Waals surface area contributed by atoms with Crippen molar-refractivity contribution < 1.29 is 85.9 Å². The van der Waals surface area contributed by atoms with Crippen molar-refractivity contribution in [3.05, 3.63) is 102 Å². The van der Waals surface area contributed by atoms with E-state index in [0.717, 1.165) is 46.3 Å². The summed E-state index contributed by atoms with van der Waals surface area (Å²) in [7, 11) is 6.81. The third-order valence-corrected chi connectivity index (χ3v) is 18.2. The number of nitrogens with zero attached hydrogens (tertiary/aromatic N) is 5. The predicted octanol–water partition coefficient (Wildman–Crippen LogP) is 2.97. The van der Waals surface area contributed by atoms with Gasteiger partial charge >= 0.3 is 12.1 Å². The average molecular weight is 1560 g/mol. The highest BCUT2D eigenvalue weighted by atomic mass is 16.6. The van der Waals surface area contributed by atoms with E-state index in [1.165, 1.54) is 11.9 Å². The molecule has 33 heteroatoms. The van der Waals surface area contributed by atoms with Crippen molar-refractivity contribution in [3.8, 4) is 0 Å². The van der Waals surface area contributed by atoms with Crippen LogP contribution in [0.5, 0.6) is 0 Å². The average Bonchev–Trinajstić information content (AvgIpc) is 1.66. The van der Waals surface area contributed by atoms with Gasteiger partial charge in [-0.2, -0.15) is 0 Å². The number of rotatable bonds is 55. The molecule has 2 heterocycles. The Kier molecular flexibility index (Phi) is 43.2. The lowest BCUT2D eigenvalue weighted by Gasteiger charge is -2.31. The van der Waals surface area contributed by atoms with Crippen molar-refractivity contribution >= 4 is 81.9 Å². The fourth-order valence-electron chi connectivity index (χ4n) is 12.2. The summed E-state index contributed by atoms with van der Waals surface area (Å²) in [5.74, 6) is -4.02. The number of aromatic nitrogens is 1. The molecule has 0 radical (unpaired) electrons. The van der Waals surface area contributed by atoms with Gasteiger partial charge in [-0.15, -0.1) is 0 Å². The number of nitrogens with one attached hydrogen (secondary N) is 9. The summed E-state index contributed by atoms with van der Waals surface area (Å²) in [5, 5.41) is 24.7. The van der Waals surface area contributed by atoms with Gasteiger partial charge in [0.15, 0.2) is 0 Å². The van der Waals surface area contributed by atoms with E-state index in [9.17, 15) is 52.7 Å². The van der Waals surface area contributed by atoms with Crippen molar-refractivity contribution in [3.63, 3.8) is 0 Å². The fraction of sp³-hybridized carbons (Fsp3) is 0.603. The number of hydrazine groups is 1. The van der Waals surface area contributed by atoms with Crippen molar-refractivity contribution in [2.75, 3.05) is 159 Å². The first-order valence-electron chi connectivity index (χ1n) is 38.3. The molecule has 0 spiro atoms. The molecule has 5 rings (SSSR count). The first kappa shape index (κ1) is 92.3. The van der Waals surface area contributed by atoms with Crippen molar-refractivity contribution in [1.29, 1.82) is 0 Å². The molecule has 0 unspecified atom stereocenters. The van der Waals surface area contributed by atoms with Gasteiger partial charge in [-0.3, -0.25) is 48.6 Å². The van der Waals surface area contributed by atoms with E-state index in [4.69, 9.17) is 38.9 Å². The molecule has 1 aliphatic heterocycles. The maximum Gasteiger partial charge on any atom is 0.410 e. The van der Waals surface area contributed by atoms with E-state index < -0.39 is 60.9 Å². The summed E-state index contributed by atoms with van der Waals surface area (Å²) in [4.78, 5) is 147. The number of likely N-dealkylation sites (tertiary alicyclic amines) is 1. The van der Waals surface area contributed by atoms with Crippen LogP contribution in [-0.2, 0) is 102 Å². The lowest BCUT2D eigenvalue weighted by molar-refractivity contribution is -0.138. The summed E-state index contributed by atoms with van der Waals surface area (Å²) < 4.78 is 40.7. The summed E-state index contributed by atoms with van der Waals surface area (Å²) in [6.07, 6.45) is 2.87. The molecular weight excluding hydrogens is 1430 g/mol. The number of benzene rings is 3. The number of urea groups is 1. The highest BCUT2D eigenvalue weighted by Gasteiger charge is 2.34. The second kappa shape index (κ2) is 52.0. The largest absolute Gasteiger partial charge is 0.445 e. The van der Waals surface area contributed by atoms with Crippen LogP contribution in [0.2, 0.25) is 0 Å². The smallest absolute Gasteiger partial charge is 0.410 e. The number of likely N-dealkylation sites (N-methyl/N-ethyl adjacent to an activating group) is 2. The highest BCUT2D eigenvalue weighted by Crippen LogP contribution is 2.27. The Morgan fingerprint density at radius 1 is 0.604 bits per heavy atom. The number of nitrogens with two attached hydrogens (primary N) is 1. The normalized spacial score (nSPS) is 14.0. The van der Waals surface area contributed by atoms with Gasteiger partial charge in [0.1, 0.15) is 25.2 Å². The summed E-state index contributed by atoms with van der Waals surface area (Å²) in [5.41, 5.74) is 12.5. The van der Waals surface area contributed by atoms with Gasteiger partial charge in [0.2, 0.25) is 53.2 Å². The Bertz CT molecular complexity index is 3520. The first-order chi connectivity index (χ1) is 53.3. The van der Waals surface area contributed by atoms with E-state index in [-0.39, 0.29) is 151 Å². The number of primary amides is 1. The van der Waals surface area contributed by atoms with E-state index in [2.05, 4.69) is 58.6 Å². The molecule has 111 heavy (non-hydrogen) atoms. The number of anilines is 1. The van der Waals surface area contributed by atoms with Gasteiger partial charge in [-0.05, 0) is 105 Å². The third-order valence-electron chi connectivity index (χ3n) is 18.2. The number of fused-ring (bicyclic) bond motifs is 1. The second-order valence-electron chi connectivity index (χ2n) is 28.1. The lowest BCUT2D eigenvalue weighted by atomic mass is 9.97. The van der Waals surface area contributed by atoms with E-state index >= 15 is 0 Å². The number of amides is 12. The minimum Gasteiger partial charge on any atom is -0.445 e. The Balaban J connectivity index is 0.857. The Labute approximate surface area is 652 Å². The van der Waals surface area contributed by atoms with Crippen LogP contribution in [-0.4, -0.2) is 267 Å². The maximum atomic E-state index is 13.8. The molecule has 11 N–H and O–H groups in total. The second-order valence-corrected chi connectivity index (χ2v) is 28.1. The van der Waals surface area contributed by atoms with Gasteiger partial charge in [0.05, 0.1) is 98.9 Å². The monoisotopic (exact) mass is 1560 g/mol. The first-order valence-corrected chi connectivity index (χ1v) is 38.3. The molecule has 1 aromatic heterocycles. The SMILES string of the molecule is CNN(C)Cc1cc2ccccc2n1CCC(=O)NCC(=O)NCCOCCOCCOCCOCCOCCOCCC(=O)NCC(=O)N[C@@H](CCCNC(N)=O)C(=O)Nc1ccc(COC(=O)N(C)CC(=O)N[C@H](C(=O)N(C)C[C@H](C)CC(=O)N2CCC[C@H]2C[C@@H](C)C(=O)N[C@H](C)Cc2ccccc2)C(C)C)cc1. The van der Waals surface area contributed by atoms with Gasteiger partial charge < -0.3 is 101 Å². The molecule has 1 aliphatic rings. The molecule has 3 aromatic carbocycles.